The second-order valence-electron chi connectivity index (χ2n) is 3.40. The molecular weight excluding hydrogens is 261 g/mol. The van der Waals surface area contributed by atoms with Crippen LogP contribution in [0.15, 0.2) is 24.3 Å². The fourth-order valence-electron chi connectivity index (χ4n) is 1.19. The van der Waals surface area contributed by atoms with Crippen molar-refractivity contribution < 1.29 is 9.18 Å². The molecule has 1 aromatic rings. The van der Waals surface area contributed by atoms with Crippen molar-refractivity contribution in [3.63, 3.8) is 0 Å². The molecule has 0 saturated heterocycles. The summed E-state index contributed by atoms with van der Waals surface area (Å²) in [7, 11) is 0. The Morgan fingerprint density at radius 3 is 2.67 bits per heavy atom. The zero-order chi connectivity index (χ0) is 11.4. The highest BCUT2D eigenvalue weighted by molar-refractivity contribution is 9.10. The third-order valence-corrected chi connectivity index (χ3v) is 2.48. The van der Waals surface area contributed by atoms with Crippen LogP contribution in [-0.4, -0.2) is 10.7 Å². The molecule has 1 amide bonds. The monoisotopic (exact) mass is 273 g/mol. The second kappa shape index (κ2) is 5.26. The van der Waals surface area contributed by atoms with Crippen molar-refractivity contribution in [2.45, 2.75) is 24.7 Å². The highest BCUT2D eigenvalue weighted by Crippen LogP contribution is 2.14. The average Bonchev–Trinajstić information content (AvgIpc) is 2.17. The molecule has 0 aliphatic heterocycles. The van der Waals surface area contributed by atoms with Crippen molar-refractivity contribution in [3.05, 3.63) is 35.6 Å². The van der Waals surface area contributed by atoms with Crippen LogP contribution in [0.25, 0.3) is 0 Å². The summed E-state index contributed by atoms with van der Waals surface area (Å²) in [5.74, 6) is -0.396. The fraction of sp³-hybridized carbons (Fsp3) is 0.364. The fourth-order valence-corrected chi connectivity index (χ4v) is 1.32. The van der Waals surface area contributed by atoms with E-state index >= 15 is 0 Å². The first-order valence-electron chi connectivity index (χ1n) is 4.70. The largest absolute Gasteiger partial charge is 0.349 e. The molecule has 82 valence electrons. The Bertz CT molecular complexity index is 354. The van der Waals surface area contributed by atoms with E-state index in [9.17, 15) is 9.18 Å². The molecule has 15 heavy (non-hydrogen) atoms. The SMILES string of the molecule is CC(Br)C(=O)NC(C)c1cccc(F)c1. The first-order chi connectivity index (χ1) is 7.00. The van der Waals surface area contributed by atoms with E-state index in [1.807, 2.05) is 6.92 Å². The minimum atomic E-state index is -0.291. The van der Waals surface area contributed by atoms with Gasteiger partial charge in [-0.2, -0.15) is 0 Å². The van der Waals surface area contributed by atoms with E-state index in [4.69, 9.17) is 0 Å². The van der Waals surface area contributed by atoms with E-state index < -0.39 is 0 Å². The van der Waals surface area contributed by atoms with Crippen molar-refractivity contribution in [2.75, 3.05) is 0 Å². The lowest BCUT2D eigenvalue weighted by atomic mass is 10.1. The zero-order valence-electron chi connectivity index (χ0n) is 8.63. The predicted octanol–water partition coefficient (Wildman–Crippen LogP) is 2.79. The van der Waals surface area contributed by atoms with Gasteiger partial charge in [0.25, 0.3) is 0 Å². The van der Waals surface area contributed by atoms with Crippen LogP contribution in [0.1, 0.15) is 25.5 Å². The highest BCUT2D eigenvalue weighted by Gasteiger charge is 2.13. The van der Waals surface area contributed by atoms with Crippen LogP contribution in [0.3, 0.4) is 0 Å². The lowest BCUT2D eigenvalue weighted by Crippen LogP contribution is -2.31. The van der Waals surface area contributed by atoms with Crippen LogP contribution >= 0.6 is 15.9 Å². The number of benzene rings is 1. The number of rotatable bonds is 3. The number of nitrogens with one attached hydrogen (secondary N) is 1. The Labute approximate surface area is 97.0 Å². The van der Waals surface area contributed by atoms with Gasteiger partial charge in [-0.1, -0.05) is 28.1 Å². The Kier molecular flexibility index (Phi) is 4.27. The minimum absolute atomic E-state index is 0.105. The van der Waals surface area contributed by atoms with Gasteiger partial charge < -0.3 is 5.32 Å². The summed E-state index contributed by atoms with van der Waals surface area (Å²) in [4.78, 5) is 11.1. The number of carbonyl (C=O) groups is 1. The number of carbonyl (C=O) groups excluding carboxylic acids is 1. The molecular formula is C11H13BrFNO. The maximum Gasteiger partial charge on any atom is 0.233 e. The topological polar surface area (TPSA) is 29.1 Å². The molecule has 0 aliphatic rings. The van der Waals surface area contributed by atoms with Gasteiger partial charge in [0, 0.05) is 0 Å². The molecule has 0 bridgehead atoms. The molecule has 2 unspecified atom stereocenters. The molecule has 0 radical (unpaired) electrons. The van der Waals surface area contributed by atoms with Gasteiger partial charge >= 0.3 is 0 Å². The molecule has 0 aliphatic carbocycles. The van der Waals surface area contributed by atoms with Crippen molar-refractivity contribution in [2.24, 2.45) is 0 Å². The molecule has 1 rings (SSSR count). The first kappa shape index (κ1) is 12.2. The number of alkyl halides is 1. The number of hydrogen-bond donors (Lipinski definition) is 1. The van der Waals surface area contributed by atoms with Gasteiger partial charge in [0.15, 0.2) is 0 Å². The van der Waals surface area contributed by atoms with Gasteiger partial charge in [-0.15, -0.1) is 0 Å². The molecule has 4 heteroatoms. The van der Waals surface area contributed by atoms with E-state index in [2.05, 4.69) is 21.2 Å². The Morgan fingerprint density at radius 1 is 1.47 bits per heavy atom. The van der Waals surface area contributed by atoms with Crippen LogP contribution in [0, 0.1) is 5.82 Å². The van der Waals surface area contributed by atoms with Crippen molar-refractivity contribution in [3.8, 4) is 0 Å². The maximum absolute atomic E-state index is 12.9. The summed E-state index contributed by atoms with van der Waals surface area (Å²) in [6.07, 6.45) is 0. The summed E-state index contributed by atoms with van der Waals surface area (Å²) >= 11 is 3.17. The number of amides is 1. The molecule has 2 nitrogen and oxygen atoms in total. The zero-order valence-corrected chi connectivity index (χ0v) is 10.2. The van der Waals surface area contributed by atoms with Crippen molar-refractivity contribution in [1.29, 1.82) is 0 Å². The second-order valence-corrected chi connectivity index (χ2v) is 4.77. The Morgan fingerprint density at radius 2 is 2.13 bits per heavy atom. The van der Waals surface area contributed by atoms with Crippen molar-refractivity contribution in [1.82, 2.24) is 5.32 Å². The van der Waals surface area contributed by atoms with Crippen molar-refractivity contribution >= 4 is 21.8 Å². The molecule has 0 fully saturated rings. The van der Waals surface area contributed by atoms with Gasteiger partial charge in [0.1, 0.15) is 5.82 Å². The van der Waals surface area contributed by atoms with Gasteiger partial charge in [-0.3, -0.25) is 4.79 Å². The maximum atomic E-state index is 12.9. The third kappa shape index (κ3) is 3.63. The third-order valence-electron chi connectivity index (χ3n) is 2.07. The molecule has 1 aromatic carbocycles. The van der Waals surface area contributed by atoms with Crippen LogP contribution in [0.4, 0.5) is 4.39 Å². The molecule has 1 N–H and O–H groups in total. The van der Waals surface area contributed by atoms with E-state index in [0.29, 0.717) is 0 Å². The smallest absolute Gasteiger partial charge is 0.233 e. The standard InChI is InChI=1S/C11H13BrFNO/c1-7(12)11(15)14-8(2)9-4-3-5-10(13)6-9/h3-8H,1-2H3,(H,14,15). The van der Waals surface area contributed by atoms with Crippen LogP contribution < -0.4 is 5.32 Å². The van der Waals surface area contributed by atoms with E-state index in [1.165, 1.54) is 12.1 Å². The van der Waals surface area contributed by atoms with Gasteiger partial charge in [0.2, 0.25) is 5.91 Å². The van der Waals surface area contributed by atoms with Crippen LogP contribution in [-0.2, 0) is 4.79 Å². The lowest BCUT2D eigenvalue weighted by molar-refractivity contribution is -0.120. The quantitative estimate of drug-likeness (QED) is 0.844. The van der Waals surface area contributed by atoms with E-state index in [1.54, 1.807) is 19.1 Å². The summed E-state index contributed by atoms with van der Waals surface area (Å²) < 4.78 is 12.9. The van der Waals surface area contributed by atoms with Gasteiger partial charge in [0.05, 0.1) is 10.9 Å². The highest BCUT2D eigenvalue weighted by atomic mass is 79.9. The summed E-state index contributed by atoms with van der Waals surface area (Å²) in [5, 5.41) is 2.77. The summed E-state index contributed by atoms with van der Waals surface area (Å²) in [5.41, 5.74) is 0.761. The summed E-state index contributed by atoms with van der Waals surface area (Å²) in [6.45, 7) is 3.57. The molecule has 0 heterocycles. The van der Waals surface area contributed by atoms with Gasteiger partial charge in [-0.25, -0.2) is 4.39 Å². The molecule has 0 saturated carbocycles. The first-order valence-corrected chi connectivity index (χ1v) is 5.62. The number of hydrogen-bond acceptors (Lipinski definition) is 1. The lowest BCUT2D eigenvalue weighted by Gasteiger charge is -2.15. The van der Waals surface area contributed by atoms with Gasteiger partial charge in [-0.05, 0) is 31.5 Å². The Balaban J connectivity index is 2.69. The normalized spacial score (nSPS) is 14.4. The molecule has 0 aromatic heterocycles. The molecule has 0 spiro atoms. The minimum Gasteiger partial charge on any atom is -0.349 e. The Hall–Kier alpha value is -0.900. The number of halogens is 2. The summed E-state index contributed by atoms with van der Waals surface area (Å²) in [6, 6.07) is 6.03. The van der Waals surface area contributed by atoms with E-state index in [0.717, 1.165) is 5.56 Å². The molecule has 2 atom stereocenters. The van der Waals surface area contributed by atoms with Crippen LogP contribution in [0.5, 0.6) is 0 Å². The van der Waals surface area contributed by atoms with E-state index in [-0.39, 0.29) is 22.6 Å². The van der Waals surface area contributed by atoms with Crippen LogP contribution in [0.2, 0.25) is 0 Å². The predicted molar refractivity (Wildman–Crippen MR) is 61.3 cm³/mol. The average molecular weight is 274 g/mol.